The summed E-state index contributed by atoms with van der Waals surface area (Å²) in [5.74, 6) is 1.82. The molecule has 0 atom stereocenters. The minimum atomic E-state index is -0.0655. The Balaban J connectivity index is 1.83. The molecule has 32 heavy (non-hydrogen) atoms. The number of fused-ring (bicyclic) bond motifs is 4. The fourth-order valence-corrected chi connectivity index (χ4v) is 4.14. The first-order chi connectivity index (χ1) is 15.5. The predicted molar refractivity (Wildman–Crippen MR) is 126 cm³/mol. The van der Waals surface area contributed by atoms with Crippen molar-refractivity contribution in [1.29, 1.82) is 0 Å². The molecule has 0 radical (unpaired) electrons. The van der Waals surface area contributed by atoms with E-state index in [1.54, 1.807) is 11.7 Å². The minimum Gasteiger partial charge on any atom is -0.497 e. The van der Waals surface area contributed by atoms with Gasteiger partial charge in [0.25, 0.3) is 5.56 Å². The van der Waals surface area contributed by atoms with Crippen molar-refractivity contribution in [3.63, 3.8) is 0 Å². The average molecular weight is 428 g/mol. The van der Waals surface area contributed by atoms with Crippen LogP contribution in [0.15, 0.2) is 53.3 Å². The lowest BCUT2D eigenvalue weighted by molar-refractivity contribution is 0.414. The third-order valence-electron chi connectivity index (χ3n) is 5.69. The summed E-state index contributed by atoms with van der Waals surface area (Å²) in [5.41, 5.74) is 4.43. The monoisotopic (exact) mass is 427 g/mol. The first-order valence-electron chi connectivity index (χ1n) is 10.8. The number of para-hydroxylation sites is 2. The average Bonchev–Trinajstić information content (AvgIpc) is 3.07. The molecule has 3 heterocycles. The standard InChI is InChI=1S/C25H25N5O2/c1-15(2)13-29-16(3)26-23-21(25(29)31)22-24(28-20-8-6-5-7-19(20)27-22)30(23)14-17-9-11-18(32-4)12-10-17/h5-12,15H,13-14H2,1-4H3. The molecular formula is C25H25N5O2. The molecule has 0 spiro atoms. The van der Waals surface area contributed by atoms with E-state index in [0.29, 0.717) is 47.0 Å². The van der Waals surface area contributed by atoms with Crippen molar-refractivity contribution in [2.24, 2.45) is 5.92 Å². The summed E-state index contributed by atoms with van der Waals surface area (Å²) < 4.78 is 9.03. The SMILES string of the molecule is COc1ccc(Cn2c3nc4ccccc4nc3c3c(=O)n(CC(C)C)c(C)nc32)cc1. The molecule has 0 aliphatic carbocycles. The van der Waals surface area contributed by atoms with Crippen molar-refractivity contribution in [3.05, 3.63) is 70.3 Å². The van der Waals surface area contributed by atoms with Gasteiger partial charge in [-0.05, 0) is 42.7 Å². The van der Waals surface area contributed by atoms with E-state index in [1.165, 1.54) is 0 Å². The first kappa shape index (κ1) is 20.2. The Morgan fingerprint density at radius 1 is 0.906 bits per heavy atom. The highest BCUT2D eigenvalue weighted by Gasteiger charge is 2.21. The Hall–Kier alpha value is -3.74. The van der Waals surface area contributed by atoms with E-state index in [-0.39, 0.29) is 5.56 Å². The van der Waals surface area contributed by atoms with Crippen LogP contribution in [0.1, 0.15) is 25.2 Å². The van der Waals surface area contributed by atoms with Crippen molar-refractivity contribution >= 4 is 33.2 Å². The summed E-state index contributed by atoms with van der Waals surface area (Å²) in [6.07, 6.45) is 0. The van der Waals surface area contributed by atoms with E-state index in [2.05, 4.69) is 13.8 Å². The summed E-state index contributed by atoms with van der Waals surface area (Å²) in [4.78, 5) is 28.2. The zero-order chi connectivity index (χ0) is 22.4. The molecule has 0 fully saturated rings. The Morgan fingerprint density at radius 3 is 2.25 bits per heavy atom. The summed E-state index contributed by atoms with van der Waals surface area (Å²) in [6.45, 7) is 7.21. The van der Waals surface area contributed by atoms with Gasteiger partial charge in [-0.2, -0.15) is 0 Å². The van der Waals surface area contributed by atoms with Gasteiger partial charge >= 0.3 is 0 Å². The van der Waals surface area contributed by atoms with Gasteiger partial charge in [0.05, 0.1) is 24.7 Å². The van der Waals surface area contributed by atoms with E-state index in [1.807, 2.05) is 60.0 Å². The highest BCUT2D eigenvalue weighted by molar-refractivity contribution is 6.04. The molecule has 0 unspecified atom stereocenters. The number of rotatable bonds is 5. The molecule has 0 N–H and O–H groups in total. The van der Waals surface area contributed by atoms with Crippen molar-refractivity contribution in [2.75, 3.05) is 7.11 Å². The fourth-order valence-electron chi connectivity index (χ4n) is 4.14. The van der Waals surface area contributed by atoms with Crippen LogP contribution in [-0.4, -0.2) is 31.2 Å². The summed E-state index contributed by atoms with van der Waals surface area (Å²) in [7, 11) is 1.65. The van der Waals surface area contributed by atoms with Gasteiger partial charge in [0.1, 0.15) is 22.5 Å². The zero-order valence-corrected chi connectivity index (χ0v) is 18.7. The number of nitrogens with zero attached hydrogens (tertiary/aromatic N) is 5. The normalized spacial score (nSPS) is 11.8. The van der Waals surface area contributed by atoms with Crippen molar-refractivity contribution in [3.8, 4) is 5.75 Å². The Bertz CT molecular complexity index is 1510. The lowest BCUT2D eigenvalue weighted by atomic mass is 10.2. The molecule has 2 aromatic carbocycles. The van der Waals surface area contributed by atoms with Crippen LogP contribution >= 0.6 is 0 Å². The van der Waals surface area contributed by atoms with Crippen LogP contribution in [0.4, 0.5) is 0 Å². The molecule has 7 nitrogen and oxygen atoms in total. The molecule has 5 aromatic rings. The van der Waals surface area contributed by atoms with E-state index in [0.717, 1.165) is 22.3 Å². The van der Waals surface area contributed by atoms with Gasteiger partial charge < -0.3 is 9.30 Å². The van der Waals surface area contributed by atoms with Gasteiger partial charge in [-0.25, -0.2) is 15.0 Å². The van der Waals surface area contributed by atoms with Crippen LogP contribution in [0.2, 0.25) is 0 Å². The smallest absolute Gasteiger partial charge is 0.265 e. The summed E-state index contributed by atoms with van der Waals surface area (Å²) in [6, 6.07) is 15.6. The van der Waals surface area contributed by atoms with Gasteiger partial charge in [-0.15, -0.1) is 0 Å². The number of hydrogen-bond donors (Lipinski definition) is 0. The maximum Gasteiger partial charge on any atom is 0.265 e. The second-order valence-electron chi connectivity index (χ2n) is 8.49. The quantitative estimate of drug-likeness (QED) is 0.418. The molecule has 0 aliphatic heterocycles. The Morgan fingerprint density at radius 2 is 1.59 bits per heavy atom. The summed E-state index contributed by atoms with van der Waals surface area (Å²) in [5, 5.41) is 0.526. The molecule has 162 valence electrons. The Kier molecular flexibility index (Phi) is 4.89. The largest absolute Gasteiger partial charge is 0.497 e. The predicted octanol–water partition coefficient (Wildman–Crippen LogP) is 4.32. The molecule has 0 bridgehead atoms. The van der Waals surface area contributed by atoms with Gasteiger partial charge in [-0.3, -0.25) is 9.36 Å². The van der Waals surface area contributed by atoms with Crippen molar-refractivity contribution < 1.29 is 4.74 Å². The molecule has 3 aromatic heterocycles. The maximum absolute atomic E-state index is 13.6. The van der Waals surface area contributed by atoms with E-state index in [4.69, 9.17) is 19.7 Å². The number of methoxy groups -OCH3 is 1. The molecule has 0 saturated carbocycles. The maximum atomic E-state index is 13.6. The fraction of sp³-hybridized carbons (Fsp3) is 0.280. The molecule has 0 aliphatic rings. The molecule has 5 rings (SSSR count). The molecule has 7 heteroatoms. The highest BCUT2D eigenvalue weighted by atomic mass is 16.5. The number of aromatic nitrogens is 5. The molecule has 0 saturated heterocycles. The van der Waals surface area contributed by atoms with Crippen molar-refractivity contribution in [1.82, 2.24) is 24.1 Å². The van der Waals surface area contributed by atoms with Gasteiger partial charge in [0, 0.05) is 6.54 Å². The first-order valence-corrected chi connectivity index (χ1v) is 10.8. The minimum absolute atomic E-state index is 0.0655. The summed E-state index contributed by atoms with van der Waals surface area (Å²) >= 11 is 0. The number of benzene rings is 2. The lowest BCUT2D eigenvalue weighted by Crippen LogP contribution is -2.26. The second kappa shape index (κ2) is 7.75. The molecular weight excluding hydrogens is 402 g/mol. The number of ether oxygens (including phenoxy) is 1. The van der Waals surface area contributed by atoms with Gasteiger partial charge in [-0.1, -0.05) is 38.1 Å². The van der Waals surface area contributed by atoms with E-state index in [9.17, 15) is 4.79 Å². The van der Waals surface area contributed by atoms with Gasteiger partial charge in [0.2, 0.25) is 0 Å². The van der Waals surface area contributed by atoms with Crippen LogP contribution in [0.3, 0.4) is 0 Å². The second-order valence-corrected chi connectivity index (χ2v) is 8.49. The number of hydrogen-bond acceptors (Lipinski definition) is 5. The van der Waals surface area contributed by atoms with Crippen LogP contribution in [-0.2, 0) is 13.1 Å². The van der Waals surface area contributed by atoms with Crippen LogP contribution in [0, 0.1) is 12.8 Å². The van der Waals surface area contributed by atoms with Crippen LogP contribution in [0.25, 0.3) is 33.2 Å². The van der Waals surface area contributed by atoms with Crippen LogP contribution in [0.5, 0.6) is 5.75 Å². The highest BCUT2D eigenvalue weighted by Crippen LogP contribution is 2.27. The van der Waals surface area contributed by atoms with E-state index < -0.39 is 0 Å². The Labute approximate surface area is 185 Å². The van der Waals surface area contributed by atoms with Gasteiger partial charge in [0.15, 0.2) is 11.3 Å². The van der Waals surface area contributed by atoms with E-state index >= 15 is 0 Å². The third-order valence-corrected chi connectivity index (χ3v) is 5.69. The third kappa shape index (κ3) is 3.30. The number of aryl methyl sites for hydroxylation is 1. The topological polar surface area (TPSA) is 74.8 Å². The lowest BCUT2D eigenvalue weighted by Gasteiger charge is -2.12. The van der Waals surface area contributed by atoms with Crippen molar-refractivity contribution in [2.45, 2.75) is 33.9 Å². The molecule has 0 amide bonds. The van der Waals surface area contributed by atoms with Crippen LogP contribution < -0.4 is 10.3 Å². The zero-order valence-electron chi connectivity index (χ0n) is 18.7.